The number of sulfonamides is 1. The molecule has 108 valence electrons. The summed E-state index contributed by atoms with van der Waals surface area (Å²) in [6, 6.07) is -0.452. The first kappa shape index (κ1) is 13.3. The van der Waals surface area contributed by atoms with Crippen molar-refractivity contribution >= 4 is 16.0 Å². The maximum atomic E-state index is 12.5. The lowest BCUT2D eigenvalue weighted by Crippen LogP contribution is -2.41. The summed E-state index contributed by atoms with van der Waals surface area (Å²) in [6.07, 6.45) is 3.40. The van der Waals surface area contributed by atoms with E-state index >= 15 is 0 Å². The quantitative estimate of drug-likeness (QED) is 0.811. The van der Waals surface area contributed by atoms with E-state index in [-0.39, 0.29) is 23.9 Å². The minimum absolute atomic E-state index is 0.00629. The lowest BCUT2D eigenvalue weighted by Gasteiger charge is -2.23. The molecule has 0 aromatic heterocycles. The van der Waals surface area contributed by atoms with Crippen molar-refractivity contribution in [2.45, 2.75) is 50.3 Å². The molecule has 3 heterocycles. The monoisotopic (exact) mass is 289 g/mol. The summed E-state index contributed by atoms with van der Waals surface area (Å²) < 4.78 is 31.8. The number of hydrogen-bond donors (Lipinski definition) is 1. The number of aliphatic carboxylic acids is 1. The SMILES string of the molecule is O=C(O)C1CC2CCC1N2S(=O)(=O)CC1CCCO1. The lowest BCUT2D eigenvalue weighted by molar-refractivity contribution is -0.142. The number of carboxylic acid groups (broad SMARTS) is 1. The molecule has 4 atom stereocenters. The zero-order valence-electron chi connectivity index (χ0n) is 10.7. The Labute approximate surface area is 112 Å². The molecule has 0 spiro atoms. The zero-order valence-corrected chi connectivity index (χ0v) is 11.5. The largest absolute Gasteiger partial charge is 0.481 e. The number of carboxylic acids is 1. The third-order valence-corrected chi connectivity index (χ3v) is 6.54. The molecule has 0 saturated carbocycles. The normalized spacial score (nSPS) is 38.9. The van der Waals surface area contributed by atoms with Crippen LogP contribution in [0, 0.1) is 5.92 Å². The minimum Gasteiger partial charge on any atom is -0.481 e. The van der Waals surface area contributed by atoms with Gasteiger partial charge in [-0.25, -0.2) is 8.42 Å². The van der Waals surface area contributed by atoms with Gasteiger partial charge in [-0.2, -0.15) is 4.31 Å². The number of rotatable bonds is 4. The predicted molar refractivity (Wildman–Crippen MR) is 67.2 cm³/mol. The highest BCUT2D eigenvalue weighted by Gasteiger charge is 2.54. The van der Waals surface area contributed by atoms with E-state index in [9.17, 15) is 13.2 Å². The highest BCUT2D eigenvalue weighted by Crippen LogP contribution is 2.44. The number of hydrogen-bond acceptors (Lipinski definition) is 4. The molecule has 2 bridgehead atoms. The summed E-state index contributed by atoms with van der Waals surface area (Å²) in [5.41, 5.74) is 0. The van der Waals surface area contributed by atoms with Crippen molar-refractivity contribution in [1.29, 1.82) is 0 Å². The first-order valence-electron chi connectivity index (χ1n) is 6.84. The van der Waals surface area contributed by atoms with E-state index in [1.165, 1.54) is 4.31 Å². The average Bonchev–Trinajstić information content (AvgIpc) is 3.01. The maximum Gasteiger partial charge on any atom is 0.308 e. The predicted octanol–water partition coefficient (Wildman–Crippen LogP) is 0.433. The van der Waals surface area contributed by atoms with Crippen LogP contribution in [0.2, 0.25) is 0 Å². The van der Waals surface area contributed by atoms with Crippen molar-refractivity contribution in [2.24, 2.45) is 5.92 Å². The van der Waals surface area contributed by atoms with Crippen LogP contribution in [0.3, 0.4) is 0 Å². The van der Waals surface area contributed by atoms with Gasteiger partial charge in [0.25, 0.3) is 0 Å². The summed E-state index contributed by atoms with van der Waals surface area (Å²) in [7, 11) is -3.40. The Morgan fingerprint density at radius 3 is 2.68 bits per heavy atom. The molecule has 19 heavy (non-hydrogen) atoms. The van der Waals surface area contributed by atoms with Crippen LogP contribution in [0.5, 0.6) is 0 Å². The molecule has 3 saturated heterocycles. The summed E-state index contributed by atoms with van der Waals surface area (Å²) in [4.78, 5) is 11.2. The highest BCUT2D eigenvalue weighted by molar-refractivity contribution is 7.89. The van der Waals surface area contributed by atoms with Gasteiger partial charge in [-0.3, -0.25) is 4.79 Å². The Hall–Kier alpha value is -0.660. The van der Waals surface area contributed by atoms with Crippen molar-refractivity contribution < 1.29 is 23.1 Å². The van der Waals surface area contributed by atoms with E-state index in [4.69, 9.17) is 9.84 Å². The first-order chi connectivity index (χ1) is 8.99. The molecule has 4 unspecified atom stereocenters. The first-order valence-corrected chi connectivity index (χ1v) is 8.45. The molecule has 3 aliphatic rings. The molecule has 0 aliphatic carbocycles. The molecule has 0 amide bonds. The molecule has 0 aromatic rings. The minimum atomic E-state index is -3.40. The molecular formula is C12H19NO5S. The van der Waals surface area contributed by atoms with E-state index in [2.05, 4.69) is 0 Å². The molecule has 6 nitrogen and oxygen atoms in total. The van der Waals surface area contributed by atoms with Crippen LogP contribution >= 0.6 is 0 Å². The Balaban J connectivity index is 1.76. The van der Waals surface area contributed by atoms with Crippen molar-refractivity contribution in [1.82, 2.24) is 4.31 Å². The Morgan fingerprint density at radius 1 is 1.32 bits per heavy atom. The van der Waals surface area contributed by atoms with E-state index < -0.39 is 21.9 Å². The molecule has 3 aliphatic heterocycles. The average molecular weight is 289 g/mol. The van der Waals surface area contributed by atoms with Crippen molar-refractivity contribution in [2.75, 3.05) is 12.4 Å². The molecule has 3 rings (SSSR count). The third kappa shape index (κ3) is 2.28. The fraction of sp³-hybridized carbons (Fsp3) is 0.917. The van der Waals surface area contributed by atoms with Gasteiger partial charge in [0.2, 0.25) is 10.0 Å². The number of fused-ring (bicyclic) bond motifs is 2. The van der Waals surface area contributed by atoms with Crippen LogP contribution in [0.25, 0.3) is 0 Å². The summed E-state index contributed by atoms with van der Waals surface area (Å²) >= 11 is 0. The van der Waals surface area contributed by atoms with E-state index in [1.807, 2.05) is 0 Å². The van der Waals surface area contributed by atoms with Gasteiger partial charge in [0.05, 0.1) is 17.8 Å². The van der Waals surface area contributed by atoms with Crippen molar-refractivity contribution in [3.63, 3.8) is 0 Å². The molecule has 1 N–H and O–H groups in total. The van der Waals surface area contributed by atoms with Gasteiger partial charge in [0.1, 0.15) is 0 Å². The second kappa shape index (κ2) is 4.71. The molecule has 0 aromatic carbocycles. The van der Waals surface area contributed by atoms with Crippen LogP contribution in [0.4, 0.5) is 0 Å². The standard InChI is InChI=1S/C12H19NO5S/c14-12(15)10-6-8-3-4-11(10)13(8)19(16,17)7-9-2-1-5-18-9/h8-11H,1-7H2,(H,14,15). The molecule has 7 heteroatoms. The van der Waals surface area contributed by atoms with E-state index in [1.54, 1.807) is 0 Å². The van der Waals surface area contributed by atoms with Gasteiger partial charge < -0.3 is 9.84 Å². The number of ether oxygens (including phenoxy) is 1. The van der Waals surface area contributed by atoms with Crippen LogP contribution in [0.15, 0.2) is 0 Å². The summed E-state index contributed by atoms with van der Waals surface area (Å²) in [5, 5.41) is 9.16. The second-order valence-electron chi connectivity index (χ2n) is 5.72. The molecule has 0 radical (unpaired) electrons. The number of carbonyl (C=O) groups is 1. The van der Waals surface area contributed by atoms with Gasteiger partial charge in [0.15, 0.2) is 0 Å². The van der Waals surface area contributed by atoms with Gasteiger partial charge in [0, 0.05) is 18.7 Å². The van der Waals surface area contributed by atoms with Gasteiger partial charge >= 0.3 is 5.97 Å². The van der Waals surface area contributed by atoms with Gasteiger partial charge in [-0.05, 0) is 32.1 Å². The van der Waals surface area contributed by atoms with Crippen molar-refractivity contribution in [3.8, 4) is 0 Å². The Morgan fingerprint density at radius 2 is 2.11 bits per heavy atom. The van der Waals surface area contributed by atoms with Gasteiger partial charge in [-0.1, -0.05) is 0 Å². The number of nitrogens with zero attached hydrogens (tertiary/aromatic N) is 1. The second-order valence-corrected chi connectivity index (χ2v) is 7.64. The zero-order chi connectivity index (χ0) is 13.6. The lowest BCUT2D eigenvalue weighted by atomic mass is 9.89. The fourth-order valence-electron chi connectivity index (χ4n) is 3.73. The van der Waals surface area contributed by atoms with Crippen molar-refractivity contribution in [3.05, 3.63) is 0 Å². The Kier molecular flexibility index (Phi) is 3.31. The third-order valence-electron chi connectivity index (χ3n) is 4.53. The summed E-state index contributed by atoms with van der Waals surface area (Å²) in [6.45, 7) is 0.630. The summed E-state index contributed by atoms with van der Waals surface area (Å²) in [5.74, 6) is -1.39. The highest BCUT2D eigenvalue weighted by atomic mass is 32.2. The van der Waals surface area contributed by atoms with Crippen LogP contribution in [0.1, 0.15) is 32.1 Å². The fourth-order valence-corrected chi connectivity index (χ4v) is 5.95. The van der Waals surface area contributed by atoms with Crippen LogP contribution < -0.4 is 0 Å². The maximum absolute atomic E-state index is 12.5. The molecular weight excluding hydrogens is 270 g/mol. The van der Waals surface area contributed by atoms with E-state index in [0.717, 1.165) is 19.3 Å². The topological polar surface area (TPSA) is 83.9 Å². The Bertz CT molecular complexity index is 471. The van der Waals surface area contributed by atoms with Gasteiger partial charge in [-0.15, -0.1) is 0 Å². The molecule has 3 fully saturated rings. The van der Waals surface area contributed by atoms with Crippen LogP contribution in [-0.4, -0.2) is 54.3 Å². The van der Waals surface area contributed by atoms with Crippen LogP contribution in [-0.2, 0) is 19.6 Å². The van der Waals surface area contributed by atoms with E-state index in [0.29, 0.717) is 19.4 Å². The smallest absolute Gasteiger partial charge is 0.308 e.